The number of anilines is 1. The van der Waals surface area contributed by atoms with Crippen molar-refractivity contribution >= 4 is 138 Å². The van der Waals surface area contributed by atoms with Crippen LogP contribution >= 0.6 is 114 Å². The van der Waals surface area contributed by atoms with Crippen molar-refractivity contribution in [3.8, 4) is 0 Å². The molecule has 139 heavy (non-hydrogen) atoms. The quantitative estimate of drug-likeness (QED) is 0.0245. The van der Waals surface area contributed by atoms with E-state index in [1.54, 1.807) is 41.3 Å². The Hall–Kier alpha value is -9.11. The van der Waals surface area contributed by atoms with E-state index in [4.69, 9.17) is 78.8 Å². The number of halogens is 4. The Balaban J connectivity index is 0.000000121. The normalized spacial score (nSPS) is 21.1. The van der Waals surface area contributed by atoms with Gasteiger partial charge in [-0.05, 0) is 252 Å². The van der Waals surface area contributed by atoms with Crippen LogP contribution in [0, 0.1) is 61.9 Å². The van der Waals surface area contributed by atoms with Crippen LogP contribution in [0.1, 0.15) is 246 Å². The van der Waals surface area contributed by atoms with Gasteiger partial charge in [-0.1, -0.05) is 170 Å². The molecule has 0 bridgehead atoms. The molecular formula is C107H110Cl3IN10O13S5. The maximum Gasteiger partial charge on any atom is 0.208 e. The highest BCUT2D eigenvalue weighted by Crippen LogP contribution is 2.47. The number of hydrogen-bond donors (Lipinski definition) is 5. The first kappa shape index (κ1) is 103. The molecule has 32 heteroatoms. The first-order valence-electron chi connectivity index (χ1n) is 46.5. The van der Waals surface area contributed by atoms with Crippen molar-refractivity contribution in [3.63, 3.8) is 0 Å². The molecule has 22 rings (SSSR count). The molecular weight excluding hydrogens is 2030 g/mol. The van der Waals surface area contributed by atoms with Crippen molar-refractivity contribution in [1.29, 1.82) is 0 Å². The second-order valence-corrected chi connectivity index (χ2v) is 43.9. The summed E-state index contributed by atoms with van der Waals surface area (Å²) in [6, 6.07) is 52.6. The molecule has 1 saturated heterocycles. The number of rotatable bonds is 17. The van der Waals surface area contributed by atoms with Gasteiger partial charge in [0.15, 0.2) is 12.6 Å². The van der Waals surface area contributed by atoms with E-state index in [0.717, 1.165) is 132 Å². The van der Waals surface area contributed by atoms with E-state index in [0.29, 0.717) is 101 Å². The number of carbonyl (C=O) groups is 3. The number of aliphatic hydroxyl groups excluding tert-OH is 3. The Morgan fingerprint density at radius 2 is 0.835 bits per heavy atom. The lowest BCUT2D eigenvalue weighted by Gasteiger charge is -2.26. The molecule has 12 atom stereocenters. The molecule has 15 heterocycles. The summed E-state index contributed by atoms with van der Waals surface area (Å²) in [6.45, 7) is 20.1. The molecule has 1 unspecified atom stereocenters. The van der Waals surface area contributed by atoms with Crippen LogP contribution in [0.3, 0.4) is 0 Å². The van der Waals surface area contributed by atoms with Gasteiger partial charge in [0.1, 0.15) is 83.2 Å². The number of hydrogen-bond acceptors (Lipinski definition) is 28. The van der Waals surface area contributed by atoms with Gasteiger partial charge in [-0.25, -0.2) is 39.9 Å². The second-order valence-electron chi connectivity index (χ2n) is 35.3. The number of nitrogens with zero attached hydrogens (tertiary/aromatic N) is 8. The number of fused-ring (bicyclic) bond motifs is 5. The van der Waals surface area contributed by atoms with Crippen molar-refractivity contribution in [3.05, 3.63) is 370 Å². The van der Waals surface area contributed by atoms with Crippen LogP contribution in [-0.2, 0) is 65.3 Å². The third-order valence-corrected chi connectivity index (χ3v) is 33.7. The number of aliphatic hydroxyl groups is 3. The Labute approximate surface area is 858 Å². The SMILES string of the molecule is C[C@H]1C[C@H](N)C[C@@H]1CO.Cc1sc(C(=O)c2cncnc2Cl)cc1[C@@H]1OCCc2ccccc21.Cc1sc(C(=O)c2cncnc2N[C@@H]2C[C@H](CO)[C@@H](C)C2)cc1[C@@H]1OCCc2ccccc21.Cc1sc(C(O)c2cncnc2Cl)cc1[C@@H]1OCCc2ccccc21.Cc1sc(C2OCCO2)cc1[C@@H]1OCCc2ccccc21.Cc1sc(C=O)cc1[C@@H]1OCCc2ccccc21.Clc1ncncc1I. The van der Waals surface area contributed by atoms with E-state index in [1.807, 2.05) is 75.4 Å². The van der Waals surface area contributed by atoms with Crippen LogP contribution in [0.2, 0.25) is 15.5 Å². The van der Waals surface area contributed by atoms with Crippen LogP contribution in [0.4, 0.5) is 5.82 Å². The fraction of sp³-hybridized carbons (Fsp3) is 0.355. The van der Waals surface area contributed by atoms with Gasteiger partial charge in [0.2, 0.25) is 11.6 Å². The lowest BCUT2D eigenvalue weighted by molar-refractivity contribution is -0.0414. The van der Waals surface area contributed by atoms with E-state index in [1.165, 1.54) is 136 Å². The summed E-state index contributed by atoms with van der Waals surface area (Å²) in [5.74, 6) is 2.15. The number of carbonyl (C=O) groups excluding carboxylic acids is 3. The predicted octanol–water partition coefficient (Wildman–Crippen LogP) is 22.6. The van der Waals surface area contributed by atoms with E-state index in [2.05, 4.69) is 193 Å². The molecule has 2 aliphatic carbocycles. The molecule has 14 aromatic rings. The molecule has 2 saturated carbocycles. The second kappa shape index (κ2) is 48.8. The summed E-state index contributed by atoms with van der Waals surface area (Å²) in [4.78, 5) is 78.6. The fourth-order valence-corrected chi connectivity index (χ4v) is 24.8. The van der Waals surface area contributed by atoms with Crippen LogP contribution in [0.5, 0.6) is 0 Å². The number of ether oxygens (including phenoxy) is 7. The molecule has 6 N–H and O–H groups in total. The minimum atomic E-state index is -0.843. The number of nitrogens with two attached hydrogens (primary N) is 1. The summed E-state index contributed by atoms with van der Waals surface area (Å²) in [6.07, 6.45) is 20.0. The highest BCUT2D eigenvalue weighted by molar-refractivity contribution is 14.1. The Morgan fingerprint density at radius 3 is 1.25 bits per heavy atom. The van der Waals surface area contributed by atoms with E-state index >= 15 is 0 Å². The number of aldehydes is 1. The van der Waals surface area contributed by atoms with Gasteiger partial charge < -0.3 is 59.5 Å². The zero-order valence-corrected chi connectivity index (χ0v) is 86.5. The first-order chi connectivity index (χ1) is 67.5. The summed E-state index contributed by atoms with van der Waals surface area (Å²) in [5.41, 5.74) is 25.4. The molecule has 3 fully saturated rings. The highest BCUT2D eigenvalue weighted by atomic mass is 127. The molecule has 5 aromatic carbocycles. The number of aryl methyl sites for hydroxylation is 5. The maximum absolute atomic E-state index is 13.5. The van der Waals surface area contributed by atoms with Crippen LogP contribution in [0.25, 0.3) is 0 Å². The van der Waals surface area contributed by atoms with Crippen LogP contribution in [0.15, 0.2) is 202 Å². The van der Waals surface area contributed by atoms with Crippen molar-refractivity contribution in [2.24, 2.45) is 29.4 Å². The summed E-state index contributed by atoms with van der Waals surface area (Å²) in [7, 11) is 0. The number of ketones is 2. The zero-order chi connectivity index (χ0) is 97.3. The van der Waals surface area contributed by atoms with E-state index in [9.17, 15) is 24.6 Å². The van der Waals surface area contributed by atoms with Crippen LogP contribution < -0.4 is 11.1 Å². The molecule has 0 amide bonds. The molecule has 724 valence electrons. The fourth-order valence-electron chi connectivity index (χ4n) is 19.0. The van der Waals surface area contributed by atoms with Crippen molar-refractivity contribution in [2.45, 2.75) is 161 Å². The topological polar surface area (TPSA) is 318 Å². The highest BCUT2D eigenvalue weighted by Gasteiger charge is 2.37. The number of benzene rings is 5. The molecule has 6 aliphatic heterocycles. The molecule has 0 spiro atoms. The van der Waals surface area contributed by atoms with Crippen molar-refractivity contribution in [1.82, 2.24) is 39.9 Å². The number of thiophene rings is 5. The zero-order valence-electron chi connectivity index (χ0n) is 78.0. The van der Waals surface area contributed by atoms with Crippen molar-refractivity contribution < 1.29 is 62.9 Å². The predicted molar refractivity (Wildman–Crippen MR) is 555 cm³/mol. The largest absolute Gasteiger partial charge is 0.396 e. The number of nitrogens with one attached hydrogen (secondary N) is 1. The van der Waals surface area contributed by atoms with Gasteiger partial charge in [-0.3, -0.25) is 14.4 Å². The molecule has 23 nitrogen and oxygen atoms in total. The average molecular weight is 2140 g/mol. The minimum Gasteiger partial charge on any atom is -0.396 e. The van der Waals surface area contributed by atoms with Gasteiger partial charge in [0, 0.05) is 84.9 Å². The average Bonchev–Trinajstić information content (AvgIpc) is 1.69. The van der Waals surface area contributed by atoms with Gasteiger partial charge in [-0.2, -0.15) is 0 Å². The van der Waals surface area contributed by atoms with Gasteiger partial charge in [-0.15, -0.1) is 56.7 Å². The first-order valence-corrected chi connectivity index (χ1v) is 52.8. The smallest absolute Gasteiger partial charge is 0.208 e. The molecule has 0 radical (unpaired) electrons. The Kier molecular flexibility index (Phi) is 36.1. The van der Waals surface area contributed by atoms with Gasteiger partial charge >= 0.3 is 0 Å². The number of aromatic nitrogens is 8. The maximum atomic E-state index is 13.5. The minimum absolute atomic E-state index is 0.0140. The third kappa shape index (κ3) is 24.9. The monoisotopic (exact) mass is 2130 g/mol. The third-order valence-electron chi connectivity index (χ3n) is 26.3. The van der Waals surface area contributed by atoms with E-state index < -0.39 is 6.10 Å². The van der Waals surface area contributed by atoms with Gasteiger partial charge in [0.05, 0.1) is 80.5 Å². The standard InChI is InChI=1S/C26H29N3O3S.C19H17ClN2O2S.C19H15ClN2O2S.C17H18O3S.C15H14O2S.C7H15NO.C4H2ClIN2/c1-15-9-19(10-18(15)13-30)29-26-22(12-27-14-28-26)24(31)23-11-21(16(2)33-23)25-20-6-4-3-5-17(20)7-8-32-25;2*1-11-14(18-13-5-3-2-4-12(13)6-7-24-18)8-16(25-11)17(23)15-9-21-10-22-19(15)20;1-11-14(10-15(21-11)17-19-8-9-20-17)16-13-5-3-2-4-12(13)6-7-18-16;1-10-14(8-12(9-16)18-10)15-13-5-3-2-4-11(13)6-7-17-15;1-5-2-7(8)3-6(5)4-9;5-4-3(6)1-7-2-8-4/h3-6,11-12,14-15,18-19,25,30H,7-10,13H2,1-2H3,(H,27,28,29);2-5,8-10,17-18,23H,6-7H2,1H3;2-5,8-10,18H,6-7H2,1H3;2-5,10,16-17H,6-9H2,1H3;2-5,8-9,15H,6-7H2,1H3;5-7,9H,2-4,8H2,1H3;1-2H/t15-,18+,19-,25+;17?,18-;18-;16-;15-;5-,6+,7-;/m011110./s1. The summed E-state index contributed by atoms with van der Waals surface area (Å²) in [5, 5.41) is 33.5. The Bertz CT molecular complexity index is 6550. The van der Waals surface area contributed by atoms with Crippen molar-refractivity contribution in [2.75, 3.05) is 64.8 Å². The Morgan fingerprint density at radius 1 is 0.446 bits per heavy atom. The van der Waals surface area contributed by atoms with Crippen LogP contribution in [-0.4, -0.2) is 145 Å². The van der Waals surface area contributed by atoms with E-state index in [-0.39, 0.29) is 77.2 Å². The molecule has 8 aliphatic rings. The lowest BCUT2D eigenvalue weighted by atomic mass is 9.93. The lowest BCUT2D eigenvalue weighted by Crippen LogP contribution is -2.20. The summed E-state index contributed by atoms with van der Waals surface area (Å²) < 4.78 is 42.4. The molecule has 9 aromatic heterocycles. The summed E-state index contributed by atoms with van der Waals surface area (Å²) >= 11 is 27.5. The van der Waals surface area contributed by atoms with Gasteiger partial charge in [0.25, 0.3) is 0 Å².